The van der Waals surface area contributed by atoms with Crippen molar-refractivity contribution in [1.82, 2.24) is 4.98 Å². The Morgan fingerprint density at radius 3 is 2.46 bits per heavy atom. The topological polar surface area (TPSA) is 48.4 Å². The normalized spacial score (nSPS) is 10.4. The molecule has 4 heteroatoms. The molecule has 0 atom stereocenters. The van der Waals surface area contributed by atoms with Crippen LogP contribution in [0, 0.1) is 0 Å². The predicted molar refractivity (Wildman–Crippen MR) is 102 cm³/mol. The van der Waals surface area contributed by atoms with Crippen molar-refractivity contribution in [3.63, 3.8) is 0 Å². The van der Waals surface area contributed by atoms with Crippen LogP contribution in [-0.2, 0) is 6.61 Å². The lowest BCUT2D eigenvalue weighted by Gasteiger charge is -2.12. The minimum atomic E-state index is 0.0186. The quantitative estimate of drug-likeness (QED) is 0.569. The number of pyridine rings is 1. The van der Waals surface area contributed by atoms with Gasteiger partial charge in [-0.25, -0.2) is 4.98 Å². The third-order valence-electron chi connectivity index (χ3n) is 3.96. The number of carbonyl (C=O) groups excluding carboxylic acids is 1. The minimum Gasteiger partial charge on any atom is -0.493 e. The first-order valence-corrected chi connectivity index (χ1v) is 8.58. The molecule has 0 fully saturated rings. The molecular formula is C22H21NO3. The summed E-state index contributed by atoms with van der Waals surface area (Å²) in [6.07, 6.45) is 1.74. The fraction of sp³-hybridized carbons (Fsp3) is 0.182. The van der Waals surface area contributed by atoms with Crippen molar-refractivity contribution in [3.8, 4) is 22.8 Å². The third-order valence-corrected chi connectivity index (χ3v) is 3.96. The zero-order chi connectivity index (χ0) is 18.4. The van der Waals surface area contributed by atoms with Gasteiger partial charge in [-0.15, -0.1) is 0 Å². The van der Waals surface area contributed by atoms with Gasteiger partial charge in [-0.1, -0.05) is 30.3 Å². The van der Waals surface area contributed by atoms with Crippen molar-refractivity contribution < 1.29 is 14.3 Å². The highest BCUT2D eigenvalue weighted by molar-refractivity contribution is 5.96. The molecule has 0 amide bonds. The van der Waals surface area contributed by atoms with Gasteiger partial charge in [0.05, 0.1) is 6.61 Å². The maximum atomic E-state index is 11.7. The third kappa shape index (κ3) is 4.28. The van der Waals surface area contributed by atoms with E-state index in [4.69, 9.17) is 9.47 Å². The molecule has 0 unspecified atom stereocenters. The highest BCUT2D eigenvalue weighted by Crippen LogP contribution is 2.31. The largest absolute Gasteiger partial charge is 0.493 e. The highest BCUT2D eigenvalue weighted by Gasteiger charge is 2.11. The van der Waals surface area contributed by atoms with Crippen molar-refractivity contribution in [1.29, 1.82) is 0 Å². The summed E-state index contributed by atoms with van der Waals surface area (Å²) >= 11 is 0. The molecule has 0 saturated carbocycles. The fourth-order valence-corrected chi connectivity index (χ4v) is 2.61. The molecule has 132 valence electrons. The lowest BCUT2D eigenvalue weighted by atomic mass is 10.0. The second-order valence-corrected chi connectivity index (χ2v) is 5.86. The van der Waals surface area contributed by atoms with E-state index < -0.39 is 0 Å². The fourth-order valence-electron chi connectivity index (χ4n) is 2.61. The van der Waals surface area contributed by atoms with Crippen molar-refractivity contribution in [2.24, 2.45) is 0 Å². The Labute approximate surface area is 153 Å². The number of benzene rings is 2. The molecule has 0 saturated heterocycles. The Balaban J connectivity index is 1.81. The molecule has 0 spiro atoms. The van der Waals surface area contributed by atoms with Crippen LogP contribution >= 0.6 is 0 Å². The summed E-state index contributed by atoms with van der Waals surface area (Å²) < 4.78 is 11.4. The van der Waals surface area contributed by atoms with E-state index in [1.807, 2.05) is 61.5 Å². The molecule has 0 aliphatic heterocycles. The number of nitrogens with zero attached hydrogens (tertiary/aromatic N) is 1. The number of carbonyl (C=O) groups is 1. The van der Waals surface area contributed by atoms with Gasteiger partial charge in [0.2, 0.25) is 5.88 Å². The Kier molecular flexibility index (Phi) is 5.64. The van der Waals surface area contributed by atoms with E-state index in [1.54, 1.807) is 19.2 Å². The summed E-state index contributed by atoms with van der Waals surface area (Å²) in [5.41, 5.74) is 3.46. The van der Waals surface area contributed by atoms with E-state index in [-0.39, 0.29) is 5.78 Å². The van der Waals surface area contributed by atoms with E-state index >= 15 is 0 Å². The minimum absolute atomic E-state index is 0.0186. The summed E-state index contributed by atoms with van der Waals surface area (Å²) in [6, 6.07) is 19.2. The van der Waals surface area contributed by atoms with Gasteiger partial charge in [0, 0.05) is 29.0 Å². The summed E-state index contributed by atoms with van der Waals surface area (Å²) in [5, 5.41) is 0. The second-order valence-electron chi connectivity index (χ2n) is 5.86. The molecule has 26 heavy (non-hydrogen) atoms. The molecule has 0 bridgehead atoms. The summed E-state index contributed by atoms with van der Waals surface area (Å²) in [4.78, 5) is 16.1. The molecule has 0 aliphatic carbocycles. The first-order valence-electron chi connectivity index (χ1n) is 8.58. The molecule has 0 N–H and O–H groups in total. The van der Waals surface area contributed by atoms with E-state index in [0.717, 1.165) is 22.4 Å². The number of hydrogen-bond acceptors (Lipinski definition) is 4. The van der Waals surface area contributed by atoms with Crippen LogP contribution in [0.15, 0.2) is 66.9 Å². The van der Waals surface area contributed by atoms with Gasteiger partial charge in [-0.2, -0.15) is 0 Å². The van der Waals surface area contributed by atoms with Crippen LogP contribution < -0.4 is 9.47 Å². The van der Waals surface area contributed by atoms with Crippen LogP contribution in [0.3, 0.4) is 0 Å². The molecule has 2 aromatic carbocycles. The number of rotatable bonds is 7. The molecule has 4 nitrogen and oxygen atoms in total. The van der Waals surface area contributed by atoms with Gasteiger partial charge in [-0.05, 0) is 43.7 Å². The van der Waals surface area contributed by atoms with Gasteiger partial charge in [0.15, 0.2) is 5.78 Å². The molecule has 0 radical (unpaired) electrons. The van der Waals surface area contributed by atoms with E-state index in [2.05, 4.69) is 4.98 Å². The average molecular weight is 347 g/mol. The van der Waals surface area contributed by atoms with E-state index in [9.17, 15) is 4.79 Å². The van der Waals surface area contributed by atoms with E-state index in [0.29, 0.717) is 24.7 Å². The van der Waals surface area contributed by atoms with Crippen LogP contribution in [0.4, 0.5) is 0 Å². The van der Waals surface area contributed by atoms with Crippen molar-refractivity contribution >= 4 is 5.78 Å². The first-order chi connectivity index (χ1) is 12.7. The second kappa shape index (κ2) is 8.30. The molecule has 0 aliphatic rings. The van der Waals surface area contributed by atoms with Crippen LogP contribution in [0.2, 0.25) is 0 Å². The number of Topliss-reactive ketones (excluding diaryl/α,β-unsaturated/α-hetero) is 1. The molecule has 1 heterocycles. The van der Waals surface area contributed by atoms with Gasteiger partial charge in [0.25, 0.3) is 0 Å². The van der Waals surface area contributed by atoms with E-state index in [1.165, 1.54) is 0 Å². The highest BCUT2D eigenvalue weighted by atomic mass is 16.5. The van der Waals surface area contributed by atoms with Crippen LogP contribution in [-0.4, -0.2) is 17.4 Å². The zero-order valence-corrected chi connectivity index (χ0v) is 14.9. The zero-order valence-electron chi connectivity index (χ0n) is 14.9. The molecule has 3 rings (SSSR count). The number of ketones is 1. The Morgan fingerprint density at radius 1 is 1.00 bits per heavy atom. The van der Waals surface area contributed by atoms with Crippen molar-refractivity contribution in [2.45, 2.75) is 20.5 Å². The lowest BCUT2D eigenvalue weighted by molar-refractivity contribution is 0.101. The summed E-state index contributed by atoms with van der Waals surface area (Å²) in [6.45, 7) is 4.51. The number of aromatic nitrogens is 1. The first kappa shape index (κ1) is 17.7. The molecule has 3 aromatic rings. The smallest absolute Gasteiger partial charge is 0.213 e. The van der Waals surface area contributed by atoms with Crippen molar-refractivity contribution in [2.75, 3.05) is 6.61 Å². The Bertz CT molecular complexity index is 874. The van der Waals surface area contributed by atoms with Gasteiger partial charge >= 0.3 is 0 Å². The molecule has 1 aromatic heterocycles. The SMILES string of the molecule is CCOc1ccc(C(C)=O)cc1-c1ccc(OCc2ccccc2)nc1. The van der Waals surface area contributed by atoms with Crippen LogP contribution in [0.1, 0.15) is 29.8 Å². The Morgan fingerprint density at radius 2 is 1.81 bits per heavy atom. The summed E-state index contributed by atoms with van der Waals surface area (Å²) in [7, 11) is 0. The number of ether oxygens (including phenoxy) is 2. The summed E-state index contributed by atoms with van der Waals surface area (Å²) in [5.74, 6) is 1.31. The maximum absolute atomic E-state index is 11.7. The number of hydrogen-bond donors (Lipinski definition) is 0. The van der Waals surface area contributed by atoms with Crippen LogP contribution in [0.5, 0.6) is 11.6 Å². The Hall–Kier alpha value is -3.14. The van der Waals surface area contributed by atoms with Gasteiger partial charge in [0.1, 0.15) is 12.4 Å². The molecular weight excluding hydrogens is 326 g/mol. The lowest BCUT2D eigenvalue weighted by Crippen LogP contribution is -1.99. The predicted octanol–water partition coefficient (Wildman–Crippen LogP) is 4.93. The van der Waals surface area contributed by atoms with Gasteiger partial charge in [-0.3, -0.25) is 4.79 Å². The van der Waals surface area contributed by atoms with Crippen LogP contribution in [0.25, 0.3) is 11.1 Å². The standard InChI is InChI=1S/C22H21NO3/c1-3-25-21-11-9-18(16(2)24)13-20(21)19-10-12-22(23-14-19)26-15-17-7-5-4-6-8-17/h4-14H,3,15H2,1-2H3. The van der Waals surface area contributed by atoms with Crippen molar-refractivity contribution in [3.05, 3.63) is 78.0 Å². The van der Waals surface area contributed by atoms with Gasteiger partial charge < -0.3 is 9.47 Å². The monoisotopic (exact) mass is 347 g/mol. The maximum Gasteiger partial charge on any atom is 0.213 e. The average Bonchev–Trinajstić information content (AvgIpc) is 2.68.